The molecule has 0 saturated carbocycles. The summed E-state index contributed by atoms with van der Waals surface area (Å²) in [6, 6.07) is 7.23. The Kier molecular flexibility index (Phi) is 5.11. The Hall–Kier alpha value is -1.68. The SMILES string of the molecule is CN(C)CCN1[C@@]2(CCN(C(=O)N3CCOCC3)C2)c2ccccc2S1(=O)=O. The summed E-state index contributed by atoms with van der Waals surface area (Å²) in [6.45, 7) is 4.26. The molecule has 2 saturated heterocycles. The minimum absolute atomic E-state index is 0.0190. The molecule has 0 unspecified atom stereocenters. The summed E-state index contributed by atoms with van der Waals surface area (Å²) in [5, 5.41) is 0. The molecule has 3 heterocycles. The third-order valence-electron chi connectivity index (χ3n) is 5.98. The van der Waals surface area contributed by atoms with Gasteiger partial charge in [-0.2, -0.15) is 4.31 Å². The fourth-order valence-corrected chi connectivity index (χ4v) is 6.57. The summed E-state index contributed by atoms with van der Waals surface area (Å²) in [5.41, 5.74) is 0.152. The number of amides is 2. The van der Waals surface area contributed by atoms with Crippen LogP contribution in [0.4, 0.5) is 4.79 Å². The highest BCUT2D eigenvalue weighted by molar-refractivity contribution is 7.89. The van der Waals surface area contributed by atoms with E-state index in [1.165, 1.54) is 0 Å². The lowest BCUT2D eigenvalue weighted by molar-refractivity contribution is 0.0439. The van der Waals surface area contributed by atoms with Gasteiger partial charge in [0.05, 0.1) is 23.6 Å². The number of sulfonamides is 1. The number of urea groups is 1. The van der Waals surface area contributed by atoms with Crippen molar-refractivity contribution >= 4 is 16.1 Å². The van der Waals surface area contributed by atoms with E-state index in [9.17, 15) is 13.2 Å². The van der Waals surface area contributed by atoms with E-state index < -0.39 is 15.6 Å². The predicted molar refractivity (Wildman–Crippen MR) is 105 cm³/mol. The molecule has 8 nitrogen and oxygen atoms in total. The number of rotatable bonds is 3. The maximum Gasteiger partial charge on any atom is 0.320 e. The van der Waals surface area contributed by atoms with Gasteiger partial charge in [0, 0.05) is 39.3 Å². The molecule has 0 bridgehead atoms. The number of carbonyl (C=O) groups is 1. The highest BCUT2D eigenvalue weighted by atomic mass is 32.2. The number of benzene rings is 1. The summed E-state index contributed by atoms with van der Waals surface area (Å²) in [5.74, 6) is 0. The molecule has 0 aliphatic carbocycles. The Morgan fingerprint density at radius 2 is 1.86 bits per heavy atom. The topological polar surface area (TPSA) is 73.4 Å². The second kappa shape index (κ2) is 7.29. The number of nitrogens with zero attached hydrogens (tertiary/aromatic N) is 4. The highest BCUT2D eigenvalue weighted by Crippen LogP contribution is 2.49. The fraction of sp³-hybridized carbons (Fsp3) is 0.632. The number of hydrogen-bond acceptors (Lipinski definition) is 5. The number of fused-ring (bicyclic) bond motifs is 2. The van der Waals surface area contributed by atoms with Crippen LogP contribution in [0.25, 0.3) is 0 Å². The van der Waals surface area contributed by atoms with Gasteiger partial charge in [-0.25, -0.2) is 13.2 Å². The van der Waals surface area contributed by atoms with Crippen LogP contribution in [0.3, 0.4) is 0 Å². The monoisotopic (exact) mass is 408 g/mol. The molecule has 154 valence electrons. The third kappa shape index (κ3) is 3.10. The molecule has 1 spiro atoms. The Balaban J connectivity index is 1.66. The van der Waals surface area contributed by atoms with E-state index in [0.717, 1.165) is 5.56 Å². The smallest absolute Gasteiger partial charge is 0.320 e. The van der Waals surface area contributed by atoms with Crippen LogP contribution in [-0.2, 0) is 20.3 Å². The van der Waals surface area contributed by atoms with E-state index in [1.54, 1.807) is 16.4 Å². The minimum atomic E-state index is -3.57. The molecule has 9 heteroatoms. The lowest BCUT2D eigenvalue weighted by Crippen LogP contribution is -2.51. The van der Waals surface area contributed by atoms with Crippen LogP contribution in [0.1, 0.15) is 12.0 Å². The van der Waals surface area contributed by atoms with Gasteiger partial charge in [0.2, 0.25) is 10.0 Å². The van der Waals surface area contributed by atoms with Crippen molar-refractivity contribution in [3.63, 3.8) is 0 Å². The Labute approximate surface area is 166 Å². The van der Waals surface area contributed by atoms with Crippen molar-refractivity contribution < 1.29 is 17.9 Å². The average Bonchev–Trinajstić information content (AvgIpc) is 3.20. The molecule has 0 aromatic heterocycles. The van der Waals surface area contributed by atoms with E-state index in [4.69, 9.17) is 4.74 Å². The van der Waals surface area contributed by atoms with Crippen molar-refractivity contribution in [3.8, 4) is 0 Å². The quantitative estimate of drug-likeness (QED) is 0.733. The molecule has 3 aliphatic rings. The first-order valence-corrected chi connectivity index (χ1v) is 11.2. The largest absolute Gasteiger partial charge is 0.378 e. The number of morpholine rings is 1. The van der Waals surface area contributed by atoms with Gasteiger partial charge < -0.3 is 19.4 Å². The van der Waals surface area contributed by atoms with Crippen LogP contribution >= 0.6 is 0 Å². The molecular weight excluding hydrogens is 380 g/mol. The Bertz CT molecular complexity index is 853. The van der Waals surface area contributed by atoms with Gasteiger partial charge in [0.25, 0.3) is 0 Å². The van der Waals surface area contributed by atoms with Gasteiger partial charge in [-0.3, -0.25) is 0 Å². The zero-order valence-electron chi connectivity index (χ0n) is 16.5. The maximum absolute atomic E-state index is 13.3. The molecule has 1 aromatic carbocycles. The molecule has 2 amide bonds. The highest BCUT2D eigenvalue weighted by Gasteiger charge is 2.57. The van der Waals surface area contributed by atoms with Crippen molar-refractivity contribution in [2.45, 2.75) is 16.9 Å². The van der Waals surface area contributed by atoms with Crippen molar-refractivity contribution in [1.29, 1.82) is 0 Å². The molecule has 1 atom stereocenters. The maximum atomic E-state index is 13.3. The van der Waals surface area contributed by atoms with Gasteiger partial charge in [-0.05, 0) is 32.1 Å². The molecule has 1 aromatic rings. The van der Waals surface area contributed by atoms with Gasteiger partial charge in [0.15, 0.2) is 0 Å². The zero-order chi connectivity index (χ0) is 19.9. The lowest BCUT2D eigenvalue weighted by atomic mass is 9.89. The second-order valence-corrected chi connectivity index (χ2v) is 9.79. The lowest BCUT2D eigenvalue weighted by Gasteiger charge is -2.36. The standard InChI is InChI=1S/C19H28N4O4S/c1-20(2)9-10-23-19(16-5-3-4-6-17(16)28(23,25)26)7-8-22(15-19)18(24)21-11-13-27-14-12-21/h3-6H,7-15H2,1-2H3/t19-/m1/s1. The minimum Gasteiger partial charge on any atom is -0.378 e. The molecule has 3 aliphatic heterocycles. The van der Waals surface area contributed by atoms with E-state index in [2.05, 4.69) is 0 Å². The molecule has 2 fully saturated rings. The van der Waals surface area contributed by atoms with Crippen LogP contribution in [0.5, 0.6) is 0 Å². The van der Waals surface area contributed by atoms with Crippen molar-refractivity contribution in [2.24, 2.45) is 0 Å². The Morgan fingerprint density at radius 3 is 2.57 bits per heavy atom. The van der Waals surface area contributed by atoms with Gasteiger partial charge >= 0.3 is 6.03 Å². The van der Waals surface area contributed by atoms with Gasteiger partial charge in [-0.15, -0.1) is 0 Å². The second-order valence-electron chi connectivity index (χ2n) is 7.96. The van der Waals surface area contributed by atoms with Crippen molar-refractivity contribution in [3.05, 3.63) is 29.8 Å². The number of hydrogen-bond donors (Lipinski definition) is 0. The normalized spacial score (nSPS) is 27.0. The first-order valence-electron chi connectivity index (χ1n) is 9.75. The fourth-order valence-electron chi connectivity index (χ4n) is 4.52. The molecule has 0 radical (unpaired) electrons. The molecular formula is C19H28N4O4S. The number of carbonyl (C=O) groups excluding carboxylic acids is 1. The summed E-state index contributed by atoms with van der Waals surface area (Å²) in [4.78, 5) is 19.0. The van der Waals surface area contributed by atoms with Crippen LogP contribution < -0.4 is 0 Å². The molecule has 4 rings (SSSR count). The number of likely N-dealkylation sites (N-methyl/N-ethyl adjacent to an activating group) is 1. The van der Waals surface area contributed by atoms with Crippen molar-refractivity contribution in [1.82, 2.24) is 19.0 Å². The average molecular weight is 409 g/mol. The van der Waals surface area contributed by atoms with Gasteiger partial charge in [0.1, 0.15) is 0 Å². The van der Waals surface area contributed by atoms with Crippen LogP contribution in [0.2, 0.25) is 0 Å². The summed E-state index contributed by atoms with van der Waals surface area (Å²) >= 11 is 0. The number of ether oxygens (including phenoxy) is 1. The van der Waals surface area contributed by atoms with E-state index in [1.807, 2.05) is 40.9 Å². The van der Waals surface area contributed by atoms with Crippen LogP contribution in [-0.4, -0.2) is 100 Å². The molecule has 28 heavy (non-hydrogen) atoms. The first kappa shape index (κ1) is 19.6. The van der Waals surface area contributed by atoms with Crippen molar-refractivity contribution in [2.75, 3.05) is 66.6 Å². The van der Waals surface area contributed by atoms with E-state index >= 15 is 0 Å². The van der Waals surface area contributed by atoms with Gasteiger partial charge in [-0.1, -0.05) is 18.2 Å². The Morgan fingerprint density at radius 1 is 1.14 bits per heavy atom. The van der Waals surface area contributed by atoms with E-state index in [0.29, 0.717) is 63.8 Å². The summed E-state index contributed by atoms with van der Waals surface area (Å²) in [6.07, 6.45) is 0.618. The summed E-state index contributed by atoms with van der Waals surface area (Å²) < 4.78 is 33.6. The zero-order valence-corrected chi connectivity index (χ0v) is 17.3. The predicted octanol–water partition coefficient (Wildman–Crippen LogP) is 0.606. The first-order chi connectivity index (χ1) is 13.4. The van der Waals surface area contributed by atoms with E-state index in [-0.39, 0.29) is 6.03 Å². The third-order valence-corrected chi connectivity index (χ3v) is 8.01. The summed E-state index contributed by atoms with van der Waals surface area (Å²) in [7, 11) is 0.299. The van der Waals surface area contributed by atoms with Crippen LogP contribution in [0, 0.1) is 0 Å². The number of likely N-dealkylation sites (tertiary alicyclic amines) is 1. The van der Waals surface area contributed by atoms with Crippen LogP contribution in [0.15, 0.2) is 29.2 Å². The molecule has 0 N–H and O–H groups in total.